The Labute approximate surface area is 309 Å². The molecule has 2 aromatic carbocycles. The molecule has 2 fully saturated rings. The lowest BCUT2D eigenvalue weighted by Crippen LogP contribution is -2.27. The van der Waals surface area contributed by atoms with Gasteiger partial charge in [0.1, 0.15) is 11.1 Å². The van der Waals surface area contributed by atoms with Crippen LogP contribution in [-0.4, -0.2) is 37.1 Å². The van der Waals surface area contributed by atoms with Crippen molar-refractivity contribution in [2.24, 2.45) is 34.5 Å². The van der Waals surface area contributed by atoms with Gasteiger partial charge < -0.3 is 18.9 Å². The van der Waals surface area contributed by atoms with Gasteiger partial charge in [0.25, 0.3) is 0 Å². The highest BCUT2D eigenvalue weighted by Crippen LogP contribution is 2.56. The van der Waals surface area contributed by atoms with E-state index in [-0.39, 0.29) is 66.0 Å². The minimum Gasteiger partial charge on any atom is -0.462 e. The van der Waals surface area contributed by atoms with Crippen molar-refractivity contribution in [1.82, 2.24) is 0 Å². The molecule has 6 unspecified atom stereocenters. The van der Waals surface area contributed by atoms with Gasteiger partial charge in [-0.05, 0) is 72.3 Å². The van der Waals surface area contributed by atoms with Gasteiger partial charge >= 0.3 is 23.9 Å². The van der Waals surface area contributed by atoms with E-state index < -0.39 is 46.5 Å². The minimum absolute atomic E-state index is 0.0172. The molecule has 4 rings (SSSR count). The second-order valence-corrected chi connectivity index (χ2v) is 16.2. The number of benzene rings is 2. The van der Waals surface area contributed by atoms with Crippen LogP contribution < -0.4 is 9.47 Å². The lowest BCUT2D eigenvalue weighted by atomic mass is 9.93. The number of halogens is 6. The Morgan fingerprint density at radius 3 is 1.27 bits per heavy atom. The van der Waals surface area contributed by atoms with Crippen LogP contribution in [0.2, 0.25) is 30.1 Å². The maximum atomic E-state index is 13.2. The van der Waals surface area contributed by atoms with Crippen LogP contribution in [0, 0.1) is 34.5 Å². The first kappa shape index (κ1) is 38.9. The van der Waals surface area contributed by atoms with Crippen molar-refractivity contribution < 1.29 is 38.1 Å². The summed E-state index contributed by atoms with van der Waals surface area (Å²) >= 11 is 37.5. The number of carbonyl (C=O) groups excluding carboxylic acids is 4. The summed E-state index contributed by atoms with van der Waals surface area (Å²) in [5.74, 6) is -5.20. The molecule has 2 aliphatic carbocycles. The number of carbonyl (C=O) groups is 4. The third-order valence-corrected chi connectivity index (χ3v) is 11.6. The van der Waals surface area contributed by atoms with Gasteiger partial charge in [0.05, 0.1) is 43.3 Å². The zero-order valence-corrected chi connectivity index (χ0v) is 31.8. The fourth-order valence-corrected chi connectivity index (χ4v) is 7.57. The lowest BCUT2D eigenvalue weighted by molar-refractivity contribution is -0.156. The molecule has 0 amide bonds. The van der Waals surface area contributed by atoms with Crippen LogP contribution >= 0.6 is 69.6 Å². The zero-order valence-electron chi connectivity index (χ0n) is 27.2. The maximum absolute atomic E-state index is 13.2. The van der Waals surface area contributed by atoms with Gasteiger partial charge in [-0.15, -0.1) is 0 Å². The summed E-state index contributed by atoms with van der Waals surface area (Å²) in [5.41, 5.74) is -0.560. The van der Waals surface area contributed by atoms with E-state index in [1.807, 2.05) is 13.8 Å². The topological polar surface area (TPSA) is 105 Å². The van der Waals surface area contributed by atoms with Gasteiger partial charge in [-0.1, -0.05) is 111 Å². The third kappa shape index (κ3) is 8.85. The van der Waals surface area contributed by atoms with Crippen LogP contribution in [0.25, 0.3) is 0 Å². The van der Waals surface area contributed by atoms with E-state index in [0.717, 1.165) is 37.8 Å². The Kier molecular flexibility index (Phi) is 12.2. The average Bonchev–Trinajstić information content (AvgIpc) is 3.81. The summed E-state index contributed by atoms with van der Waals surface area (Å²) in [5, 5.41) is -1.49. The molecule has 0 saturated heterocycles. The van der Waals surface area contributed by atoms with Gasteiger partial charge in [-0.3, -0.25) is 0 Å². The minimum atomic E-state index is -1.64. The van der Waals surface area contributed by atoms with Crippen molar-refractivity contribution in [2.75, 3.05) is 13.2 Å². The zero-order chi connectivity index (χ0) is 35.9. The van der Waals surface area contributed by atoms with Gasteiger partial charge in [0.2, 0.25) is 0 Å². The summed E-state index contributed by atoms with van der Waals surface area (Å²) in [6, 6.07) is 2.26. The van der Waals surface area contributed by atoms with Crippen LogP contribution in [0.15, 0.2) is 12.1 Å². The van der Waals surface area contributed by atoms with Gasteiger partial charge in [-0.2, -0.15) is 0 Å². The molecule has 0 aromatic heterocycles. The maximum Gasteiger partial charge on any atom is 0.423 e. The van der Waals surface area contributed by atoms with Crippen molar-refractivity contribution in [3.8, 4) is 11.5 Å². The lowest BCUT2D eigenvalue weighted by Gasteiger charge is -2.19. The second kappa shape index (κ2) is 15.1. The molecule has 262 valence electrons. The van der Waals surface area contributed by atoms with Crippen molar-refractivity contribution in [3.63, 3.8) is 0 Å². The first-order valence-corrected chi connectivity index (χ1v) is 17.7. The molecule has 6 atom stereocenters. The van der Waals surface area contributed by atoms with Gasteiger partial charge in [0.15, 0.2) is 11.5 Å². The van der Waals surface area contributed by atoms with E-state index >= 15 is 0 Å². The van der Waals surface area contributed by atoms with Crippen LogP contribution in [0.1, 0.15) is 87.9 Å². The van der Waals surface area contributed by atoms with Gasteiger partial charge in [-0.25, -0.2) is 19.2 Å². The highest BCUT2D eigenvalue weighted by Gasteiger charge is 2.47. The molecule has 2 aliphatic rings. The van der Waals surface area contributed by atoms with Crippen molar-refractivity contribution >= 4 is 93.5 Å². The first-order chi connectivity index (χ1) is 22.3. The summed E-state index contributed by atoms with van der Waals surface area (Å²) < 4.78 is 21.4. The predicted molar refractivity (Wildman–Crippen MR) is 186 cm³/mol. The Hall–Kier alpha value is -1.94. The summed E-state index contributed by atoms with van der Waals surface area (Å²) in [6.07, 6.45) is 3.85. The van der Waals surface area contributed by atoms with E-state index in [2.05, 4.69) is 27.7 Å². The number of hydrogen-bond donors (Lipinski definition) is 0. The number of rotatable bonds is 12. The normalized spacial score (nSPS) is 23.9. The summed E-state index contributed by atoms with van der Waals surface area (Å²) in [7, 11) is 0. The SMILES string of the molecule is CC(COC(=O)c1c(Cl)c(Cl)cc(Cl)c1OC(=O)C(=O)Oc1c(Cl)cc(Cl)c(Cl)c1C(=O)OCC(C)CC1(C)CC1C)CC1(C)CC1C. The Morgan fingerprint density at radius 2 is 0.979 bits per heavy atom. The van der Waals surface area contributed by atoms with Crippen LogP contribution in [-0.2, 0) is 19.1 Å². The van der Waals surface area contributed by atoms with E-state index in [1.165, 1.54) is 0 Å². The van der Waals surface area contributed by atoms with E-state index in [9.17, 15) is 19.2 Å². The quantitative estimate of drug-likeness (QED) is 0.0907. The van der Waals surface area contributed by atoms with E-state index in [4.69, 9.17) is 88.6 Å². The average molecular weight is 785 g/mol. The van der Waals surface area contributed by atoms with Crippen LogP contribution in [0.5, 0.6) is 11.5 Å². The highest BCUT2D eigenvalue weighted by atomic mass is 35.5. The standard InChI is InChI=1S/C34H36Cl6O8/c1-15(9-33(5)11-17(33)3)13-45-29(41)23-25(39)19(35)7-21(37)27(23)47-31(43)32(44)48-28-22(38)8-20(36)26(40)24(28)30(42)46-14-16(2)10-34(6)12-18(34)4/h7-8,15-18H,9-14H2,1-6H3. The molecular formula is C34H36Cl6O8. The molecule has 0 heterocycles. The summed E-state index contributed by atoms with van der Waals surface area (Å²) in [6.45, 7) is 12.7. The smallest absolute Gasteiger partial charge is 0.423 e. The van der Waals surface area contributed by atoms with Crippen molar-refractivity contribution in [1.29, 1.82) is 0 Å². The fraction of sp³-hybridized carbons (Fsp3) is 0.529. The van der Waals surface area contributed by atoms with Crippen LogP contribution in [0.4, 0.5) is 0 Å². The molecule has 14 heteroatoms. The largest absolute Gasteiger partial charge is 0.462 e. The van der Waals surface area contributed by atoms with E-state index in [0.29, 0.717) is 11.8 Å². The second-order valence-electron chi connectivity index (χ2n) is 13.8. The number of ether oxygens (including phenoxy) is 4. The Balaban J connectivity index is 1.50. The molecule has 2 saturated carbocycles. The van der Waals surface area contributed by atoms with E-state index in [1.54, 1.807) is 0 Å². The molecule has 2 aromatic rings. The Bertz CT molecular complexity index is 1530. The van der Waals surface area contributed by atoms with Crippen molar-refractivity contribution in [2.45, 2.75) is 67.2 Å². The molecule has 0 spiro atoms. The number of hydrogen-bond acceptors (Lipinski definition) is 8. The molecule has 0 radical (unpaired) electrons. The molecule has 0 N–H and O–H groups in total. The monoisotopic (exact) mass is 782 g/mol. The first-order valence-electron chi connectivity index (χ1n) is 15.4. The molecule has 0 bridgehead atoms. The molecule has 8 nitrogen and oxygen atoms in total. The summed E-state index contributed by atoms with van der Waals surface area (Å²) in [4.78, 5) is 52.4. The molecule has 48 heavy (non-hydrogen) atoms. The predicted octanol–water partition coefficient (Wildman–Crippen LogP) is 10.6. The third-order valence-electron chi connectivity index (χ3n) is 9.45. The van der Waals surface area contributed by atoms with Crippen molar-refractivity contribution in [3.05, 3.63) is 53.4 Å². The fourth-order valence-electron chi connectivity index (χ4n) is 6.13. The highest BCUT2D eigenvalue weighted by molar-refractivity contribution is 6.47. The van der Waals surface area contributed by atoms with Crippen LogP contribution in [0.3, 0.4) is 0 Å². The Morgan fingerprint density at radius 1 is 0.667 bits per heavy atom. The molecule has 0 aliphatic heterocycles. The number of esters is 4. The van der Waals surface area contributed by atoms with Gasteiger partial charge in [0, 0.05) is 0 Å². The molecular weight excluding hydrogens is 749 g/mol.